The van der Waals surface area contributed by atoms with Crippen LogP contribution in [0.5, 0.6) is 0 Å². The Morgan fingerprint density at radius 2 is 2.32 bits per heavy atom. The lowest BCUT2D eigenvalue weighted by molar-refractivity contribution is -0.0869. The zero-order chi connectivity index (χ0) is 14.0. The van der Waals surface area contributed by atoms with E-state index in [1.807, 2.05) is 36.2 Å². The van der Waals surface area contributed by atoms with Crippen LogP contribution >= 0.6 is 0 Å². The van der Waals surface area contributed by atoms with Crippen LogP contribution in [0.25, 0.3) is 0 Å². The normalized spacial score (nSPS) is 34.6. The first-order valence-electron chi connectivity index (χ1n) is 6.21. The average molecular weight is 271 g/mol. The summed E-state index contributed by atoms with van der Waals surface area (Å²) >= 11 is 0. The first-order valence-corrected chi connectivity index (χ1v) is 6.21. The number of nitrogens with zero attached hydrogens (tertiary/aromatic N) is 3. The number of rotatable bonds is 3. The molecule has 4 unspecified atom stereocenters. The van der Waals surface area contributed by atoms with Gasteiger partial charge in [0, 0.05) is 27.4 Å². The molecule has 7 nitrogen and oxygen atoms in total. The molecule has 2 N–H and O–H groups in total. The standard InChI is InChI=1S/C12H21N3O4/c1-14(2)9-4-5-15(7-13-9)12-11(18-3)10(17)8(6-16)19-12/h4-5,8,10-12,16-17H,6-7H2,1-3H3. The van der Waals surface area contributed by atoms with E-state index in [0.29, 0.717) is 6.67 Å². The Kier molecular flexibility index (Phi) is 4.41. The first kappa shape index (κ1) is 14.3. The van der Waals surface area contributed by atoms with Crippen molar-refractivity contribution >= 4 is 5.84 Å². The zero-order valence-electron chi connectivity index (χ0n) is 11.4. The number of aliphatic imine (C=N–C) groups is 1. The molecule has 0 bridgehead atoms. The van der Waals surface area contributed by atoms with Gasteiger partial charge < -0.3 is 29.5 Å². The second kappa shape index (κ2) is 5.87. The number of amidine groups is 1. The third kappa shape index (κ3) is 2.74. The molecule has 4 atom stereocenters. The van der Waals surface area contributed by atoms with E-state index in [4.69, 9.17) is 14.6 Å². The number of methoxy groups -OCH3 is 1. The maximum absolute atomic E-state index is 9.99. The van der Waals surface area contributed by atoms with Gasteiger partial charge in [-0.15, -0.1) is 0 Å². The van der Waals surface area contributed by atoms with Crippen LogP contribution in [0.3, 0.4) is 0 Å². The van der Waals surface area contributed by atoms with Crippen molar-refractivity contribution in [1.82, 2.24) is 9.80 Å². The molecule has 2 aliphatic heterocycles. The van der Waals surface area contributed by atoms with Gasteiger partial charge in [0.25, 0.3) is 0 Å². The number of likely N-dealkylation sites (N-methyl/N-ethyl adjacent to an activating group) is 1. The quantitative estimate of drug-likeness (QED) is 0.673. The SMILES string of the molecule is COC1C(O)C(CO)OC1N1C=CC(N(C)C)=NC1. The molecule has 19 heavy (non-hydrogen) atoms. The Morgan fingerprint density at radius 3 is 2.79 bits per heavy atom. The Hall–Kier alpha value is -1.15. The maximum atomic E-state index is 9.99. The molecular formula is C12H21N3O4. The summed E-state index contributed by atoms with van der Waals surface area (Å²) in [6.07, 6.45) is 1.33. The monoisotopic (exact) mass is 271 g/mol. The highest BCUT2D eigenvalue weighted by Crippen LogP contribution is 2.27. The first-order chi connectivity index (χ1) is 9.08. The van der Waals surface area contributed by atoms with Gasteiger partial charge in [-0.1, -0.05) is 0 Å². The molecule has 2 aliphatic rings. The fourth-order valence-corrected chi connectivity index (χ4v) is 2.26. The van der Waals surface area contributed by atoms with Crippen LogP contribution in [0.15, 0.2) is 17.3 Å². The summed E-state index contributed by atoms with van der Waals surface area (Å²) < 4.78 is 10.9. The molecule has 0 amide bonds. The molecule has 0 aromatic heterocycles. The molecule has 108 valence electrons. The minimum absolute atomic E-state index is 0.235. The van der Waals surface area contributed by atoms with Crippen molar-refractivity contribution in [2.24, 2.45) is 4.99 Å². The van der Waals surface area contributed by atoms with Crippen molar-refractivity contribution in [2.75, 3.05) is 34.5 Å². The van der Waals surface area contributed by atoms with Crippen LogP contribution in [0.1, 0.15) is 0 Å². The van der Waals surface area contributed by atoms with Crippen molar-refractivity contribution < 1.29 is 19.7 Å². The summed E-state index contributed by atoms with van der Waals surface area (Å²) in [6, 6.07) is 0. The molecule has 2 rings (SSSR count). The van der Waals surface area contributed by atoms with Gasteiger partial charge in [0.1, 0.15) is 30.8 Å². The van der Waals surface area contributed by atoms with Crippen molar-refractivity contribution in [3.05, 3.63) is 12.3 Å². The van der Waals surface area contributed by atoms with Gasteiger partial charge in [-0.25, -0.2) is 4.99 Å². The van der Waals surface area contributed by atoms with Crippen molar-refractivity contribution in [1.29, 1.82) is 0 Å². The summed E-state index contributed by atoms with van der Waals surface area (Å²) in [5.41, 5.74) is 0. The molecule has 0 spiro atoms. The highest BCUT2D eigenvalue weighted by atomic mass is 16.6. The van der Waals surface area contributed by atoms with E-state index < -0.39 is 24.5 Å². The van der Waals surface area contributed by atoms with Gasteiger partial charge in [-0.2, -0.15) is 0 Å². The van der Waals surface area contributed by atoms with Crippen LogP contribution < -0.4 is 0 Å². The van der Waals surface area contributed by atoms with Crippen LogP contribution in [0.2, 0.25) is 0 Å². The molecule has 7 heteroatoms. The van der Waals surface area contributed by atoms with Crippen LogP contribution in [-0.4, -0.2) is 84.9 Å². The molecule has 0 aromatic carbocycles. The lowest BCUT2D eigenvalue weighted by Crippen LogP contribution is -2.44. The van der Waals surface area contributed by atoms with Gasteiger partial charge in [0.2, 0.25) is 0 Å². The number of aliphatic hydroxyl groups is 2. The third-order valence-corrected chi connectivity index (χ3v) is 3.36. The third-order valence-electron chi connectivity index (χ3n) is 3.36. The van der Waals surface area contributed by atoms with Crippen LogP contribution in [0, 0.1) is 0 Å². The van der Waals surface area contributed by atoms with Crippen LogP contribution in [0.4, 0.5) is 0 Å². The largest absolute Gasteiger partial charge is 0.394 e. The van der Waals surface area contributed by atoms with Crippen molar-refractivity contribution in [3.8, 4) is 0 Å². The fraction of sp³-hybridized carbons (Fsp3) is 0.750. The smallest absolute Gasteiger partial charge is 0.160 e. The van der Waals surface area contributed by atoms with E-state index >= 15 is 0 Å². The zero-order valence-corrected chi connectivity index (χ0v) is 11.4. The highest BCUT2D eigenvalue weighted by Gasteiger charge is 2.46. The highest BCUT2D eigenvalue weighted by molar-refractivity contribution is 5.92. The van der Waals surface area contributed by atoms with Gasteiger partial charge in [-0.3, -0.25) is 0 Å². The van der Waals surface area contributed by atoms with E-state index in [9.17, 15) is 5.11 Å². The average Bonchev–Trinajstić information content (AvgIpc) is 2.75. The van der Waals surface area contributed by atoms with Crippen LogP contribution in [-0.2, 0) is 9.47 Å². The Bertz CT molecular complexity index is 372. The minimum atomic E-state index is -0.840. The number of hydrogen-bond acceptors (Lipinski definition) is 7. The van der Waals surface area contributed by atoms with Gasteiger partial charge in [0.15, 0.2) is 6.23 Å². The summed E-state index contributed by atoms with van der Waals surface area (Å²) in [5, 5.41) is 19.2. The number of hydrogen-bond donors (Lipinski definition) is 2. The molecule has 0 saturated carbocycles. The van der Waals surface area contributed by atoms with E-state index in [-0.39, 0.29) is 6.61 Å². The molecule has 0 aromatic rings. The van der Waals surface area contributed by atoms with Crippen molar-refractivity contribution in [2.45, 2.75) is 24.5 Å². The number of aliphatic hydroxyl groups excluding tert-OH is 2. The van der Waals surface area contributed by atoms with Gasteiger partial charge in [-0.05, 0) is 6.08 Å². The Morgan fingerprint density at radius 1 is 1.58 bits per heavy atom. The Balaban J connectivity index is 2.05. The molecule has 0 aliphatic carbocycles. The maximum Gasteiger partial charge on any atom is 0.160 e. The van der Waals surface area contributed by atoms with Gasteiger partial charge in [0.05, 0.1) is 6.61 Å². The summed E-state index contributed by atoms with van der Waals surface area (Å²) in [7, 11) is 5.37. The summed E-state index contributed by atoms with van der Waals surface area (Å²) in [5.74, 6) is 0.877. The second-order valence-corrected chi connectivity index (χ2v) is 4.82. The van der Waals surface area contributed by atoms with E-state index in [2.05, 4.69) is 4.99 Å². The second-order valence-electron chi connectivity index (χ2n) is 4.82. The summed E-state index contributed by atoms with van der Waals surface area (Å²) in [4.78, 5) is 8.17. The molecular weight excluding hydrogens is 250 g/mol. The molecule has 1 fully saturated rings. The molecule has 1 saturated heterocycles. The predicted molar refractivity (Wildman–Crippen MR) is 69.5 cm³/mol. The van der Waals surface area contributed by atoms with Crippen molar-refractivity contribution in [3.63, 3.8) is 0 Å². The lowest BCUT2D eigenvalue weighted by atomic mass is 10.1. The predicted octanol–water partition coefficient (Wildman–Crippen LogP) is -1.17. The molecule has 0 radical (unpaired) electrons. The van der Waals surface area contributed by atoms with E-state index in [0.717, 1.165) is 5.84 Å². The Labute approximate surface area is 112 Å². The fourth-order valence-electron chi connectivity index (χ4n) is 2.26. The minimum Gasteiger partial charge on any atom is -0.394 e. The topological polar surface area (TPSA) is 77.8 Å². The number of ether oxygens (including phenoxy) is 2. The molecule has 2 heterocycles. The van der Waals surface area contributed by atoms with E-state index in [1.54, 1.807) is 0 Å². The van der Waals surface area contributed by atoms with E-state index in [1.165, 1.54) is 7.11 Å². The lowest BCUT2D eigenvalue weighted by Gasteiger charge is -2.31. The van der Waals surface area contributed by atoms with Gasteiger partial charge >= 0.3 is 0 Å². The summed E-state index contributed by atoms with van der Waals surface area (Å²) in [6.45, 7) is 0.195.